The Morgan fingerprint density at radius 1 is 1.41 bits per heavy atom. The van der Waals surface area contributed by atoms with Gasteiger partial charge in [0.15, 0.2) is 0 Å². The third-order valence-corrected chi connectivity index (χ3v) is 2.79. The maximum absolute atomic E-state index is 5.64. The van der Waals surface area contributed by atoms with E-state index in [4.69, 9.17) is 4.74 Å². The van der Waals surface area contributed by atoms with Crippen LogP contribution in [-0.2, 0) is 0 Å². The molecule has 0 bridgehead atoms. The number of hydrogen-bond acceptors (Lipinski definition) is 3. The largest absolute Gasteiger partial charge is 0.492 e. The van der Waals surface area contributed by atoms with Gasteiger partial charge in [-0.05, 0) is 39.2 Å². The van der Waals surface area contributed by atoms with E-state index >= 15 is 0 Å². The zero-order chi connectivity index (χ0) is 12.7. The number of hydrogen-bond donors (Lipinski definition) is 1. The highest BCUT2D eigenvalue weighted by atomic mass is 79.9. The first-order valence-corrected chi connectivity index (χ1v) is 6.63. The Morgan fingerprint density at radius 3 is 2.82 bits per heavy atom. The van der Waals surface area contributed by atoms with Crippen molar-refractivity contribution >= 4 is 15.9 Å². The average Bonchev–Trinajstić information content (AvgIpc) is 2.23. The van der Waals surface area contributed by atoms with Gasteiger partial charge in [0.25, 0.3) is 0 Å². The predicted molar refractivity (Wildman–Crippen MR) is 75.7 cm³/mol. The Balaban J connectivity index is 2.16. The fraction of sp³-hybridized carbons (Fsp3) is 0.538. The van der Waals surface area contributed by atoms with Gasteiger partial charge < -0.3 is 15.0 Å². The zero-order valence-electron chi connectivity index (χ0n) is 10.7. The van der Waals surface area contributed by atoms with E-state index in [9.17, 15) is 0 Å². The summed E-state index contributed by atoms with van der Waals surface area (Å²) in [4.78, 5) is 2.17. The molecule has 1 atom stereocenters. The Kier molecular flexibility index (Phi) is 6.55. The molecule has 17 heavy (non-hydrogen) atoms. The summed E-state index contributed by atoms with van der Waals surface area (Å²) in [6.07, 6.45) is 0. The van der Waals surface area contributed by atoms with Crippen LogP contribution in [0.4, 0.5) is 0 Å². The first-order chi connectivity index (χ1) is 8.08. The lowest BCUT2D eigenvalue weighted by Crippen LogP contribution is -2.37. The van der Waals surface area contributed by atoms with E-state index in [0.29, 0.717) is 12.6 Å². The van der Waals surface area contributed by atoms with Crippen LogP contribution in [0.3, 0.4) is 0 Å². The van der Waals surface area contributed by atoms with Gasteiger partial charge in [-0.2, -0.15) is 0 Å². The summed E-state index contributed by atoms with van der Waals surface area (Å²) in [5, 5.41) is 3.42. The van der Waals surface area contributed by atoms with E-state index in [-0.39, 0.29) is 0 Å². The van der Waals surface area contributed by atoms with Crippen LogP contribution in [0.5, 0.6) is 5.75 Å². The number of halogens is 1. The molecule has 96 valence electrons. The molecule has 0 saturated carbocycles. The van der Waals surface area contributed by atoms with Gasteiger partial charge >= 0.3 is 0 Å². The molecular formula is C13H21BrN2O. The topological polar surface area (TPSA) is 24.5 Å². The monoisotopic (exact) mass is 300 g/mol. The van der Waals surface area contributed by atoms with E-state index in [2.05, 4.69) is 47.2 Å². The molecule has 0 aliphatic rings. The first-order valence-electron chi connectivity index (χ1n) is 5.84. The molecule has 1 aromatic carbocycles. The number of likely N-dealkylation sites (N-methyl/N-ethyl adjacent to an activating group) is 1. The van der Waals surface area contributed by atoms with Crippen LogP contribution in [0, 0.1) is 0 Å². The third kappa shape index (κ3) is 6.66. The van der Waals surface area contributed by atoms with Crippen molar-refractivity contribution in [3.8, 4) is 5.75 Å². The number of benzene rings is 1. The maximum atomic E-state index is 5.64. The maximum Gasteiger partial charge on any atom is 0.120 e. The Labute approximate surface area is 112 Å². The zero-order valence-corrected chi connectivity index (χ0v) is 12.3. The molecule has 4 heteroatoms. The molecule has 0 aliphatic carbocycles. The highest BCUT2D eigenvalue weighted by Crippen LogP contribution is 2.17. The second-order valence-electron chi connectivity index (χ2n) is 4.42. The van der Waals surface area contributed by atoms with Crippen molar-refractivity contribution in [2.75, 3.05) is 33.8 Å². The minimum absolute atomic E-state index is 0.483. The van der Waals surface area contributed by atoms with E-state index in [0.717, 1.165) is 23.3 Å². The Bertz CT molecular complexity index is 331. The summed E-state index contributed by atoms with van der Waals surface area (Å²) in [5.41, 5.74) is 0. The molecule has 0 aliphatic heterocycles. The van der Waals surface area contributed by atoms with Gasteiger partial charge in [-0.1, -0.05) is 22.0 Å². The van der Waals surface area contributed by atoms with Crippen molar-refractivity contribution in [3.05, 3.63) is 28.7 Å². The number of nitrogens with zero attached hydrogens (tertiary/aromatic N) is 1. The van der Waals surface area contributed by atoms with Crippen LogP contribution in [0.1, 0.15) is 6.92 Å². The fourth-order valence-corrected chi connectivity index (χ4v) is 2.02. The number of ether oxygens (including phenoxy) is 1. The summed E-state index contributed by atoms with van der Waals surface area (Å²) in [6, 6.07) is 8.39. The minimum atomic E-state index is 0.483. The molecule has 1 unspecified atom stereocenters. The van der Waals surface area contributed by atoms with Crippen molar-refractivity contribution in [3.63, 3.8) is 0 Å². The molecule has 1 N–H and O–H groups in total. The second kappa shape index (κ2) is 7.69. The molecule has 0 fully saturated rings. The van der Waals surface area contributed by atoms with Crippen LogP contribution in [-0.4, -0.2) is 44.7 Å². The second-order valence-corrected chi connectivity index (χ2v) is 5.34. The van der Waals surface area contributed by atoms with Crippen molar-refractivity contribution < 1.29 is 4.74 Å². The minimum Gasteiger partial charge on any atom is -0.492 e. The number of rotatable bonds is 7. The molecule has 0 radical (unpaired) electrons. The predicted octanol–water partition coefficient (Wildman–Crippen LogP) is 2.37. The van der Waals surface area contributed by atoms with E-state index in [1.807, 2.05) is 24.3 Å². The molecule has 1 aromatic rings. The molecule has 3 nitrogen and oxygen atoms in total. The SMILES string of the molecule is CC(CN(C)C)NCCOc1cccc(Br)c1. The average molecular weight is 301 g/mol. The van der Waals surface area contributed by atoms with Gasteiger partial charge in [-0.15, -0.1) is 0 Å². The Morgan fingerprint density at radius 2 is 2.18 bits per heavy atom. The van der Waals surface area contributed by atoms with Crippen LogP contribution in [0.15, 0.2) is 28.7 Å². The smallest absolute Gasteiger partial charge is 0.120 e. The molecular weight excluding hydrogens is 280 g/mol. The van der Waals surface area contributed by atoms with Crippen LogP contribution in [0.25, 0.3) is 0 Å². The summed E-state index contributed by atoms with van der Waals surface area (Å²) >= 11 is 3.42. The van der Waals surface area contributed by atoms with Crippen LogP contribution < -0.4 is 10.1 Å². The van der Waals surface area contributed by atoms with Gasteiger partial charge in [0, 0.05) is 23.6 Å². The summed E-state index contributed by atoms with van der Waals surface area (Å²) in [7, 11) is 4.16. The lowest BCUT2D eigenvalue weighted by atomic mass is 10.3. The van der Waals surface area contributed by atoms with Crippen molar-refractivity contribution in [1.82, 2.24) is 10.2 Å². The van der Waals surface area contributed by atoms with E-state index in [1.54, 1.807) is 0 Å². The van der Waals surface area contributed by atoms with Gasteiger partial charge in [-0.3, -0.25) is 0 Å². The van der Waals surface area contributed by atoms with Crippen molar-refractivity contribution in [2.24, 2.45) is 0 Å². The molecule has 0 heterocycles. The number of nitrogens with one attached hydrogen (secondary N) is 1. The normalized spacial score (nSPS) is 12.8. The van der Waals surface area contributed by atoms with Crippen LogP contribution >= 0.6 is 15.9 Å². The fourth-order valence-electron chi connectivity index (χ4n) is 1.64. The highest BCUT2D eigenvalue weighted by Gasteiger charge is 2.02. The summed E-state index contributed by atoms with van der Waals surface area (Å²) in [6.45, 7) is 4.77. The van der Waals surface area contributed by atoms with Crippen LogP contribution in [0.2, 0.25) is 0 Å². The quantitative estimate of drug-likeness (QED) is 0.783. The molecule has 0 saturated heterocycles. The summed E-state index contributed by atoms with van der Waals surface area (Å²) < 4.78 is 6.68. The van der Waals surface area contributed by atoms with E-state index < -0.39 is 0 Å². The third-order valence-electron chi connectivity index (χ3n) is 2.30. The van der Waals surface area contributed by atoms with Gasteiger partial charge in [0.05, 0.1) is 0 Å². The lowest BCUT2D eigenvalue weighted by molar-refractivity contribution is 0.291. The van der Waals surface area contributed by atoms with Crippen molar-refractivity contribution in [1.29, 1.82) is 0 Å². The van der Waals surface area contributed by atoms with Gasteiger partial charge in [0.1, 0.15) is 12.4 Å². The molecule has 1 rings (SSSR count). The standard InChI is InChI=1S/C13H21BrN2O/c1-11(10-16(2)3)15-7-8-17-13-6-4-5-12(14)9-13/h4-6,9,11,15H,7-8,10H2,1-3H3. The van der Waals surface area contributed by atoms with E-state index in [1.165, 1.54) is 0 Å². The molecule has 0 spiro atoms. The first kappa shape index (κ1) is 14.5. The van der Waals surface area contributed by atoms with Gasteiger partial charge in [-0.25, -0.2) is 0 Å². The van der Waals surface area contributed by atoms with Gasteiger partial charge in [0.2, 0.25) is 0 Å². The lowest BCUT2D eigenvalue weighted by Gasteiger charge is -2.18. The molecule has 0 aromatic heterocycles. The Hall–Kier alpha value is -0.580. The highest BCUT2D eigenvalue weighted by molar-refractivity contribution is 9.10. The molecule has 0 amide bonds. The van der Waals surface area contributed by atoms with Crippen molar-refractivity contribution in [2.45, 2.75) is 13.0 Å². The summed E-state index contributed by atoms with van der Waals surface area (Å²) in [5.74, 6) is 0.904.